The summed E-state index contributed by atoms with van der Waals surface area (Å²) in [6.07, 6.45) is 0. The average molecular weight is 556 g/mol. The highest BCUT2D eigenvalue weighted by Crippen LogP contribution is 2.26. The van der Waals surface area contributed by atoms with Crippen LogP contribution in [0.3, 0.4) is 0 Å². The first-order valence-electron chi connectivity index (χ1n) is 12.4. The van der Waals surface area contributed by atoms with Gasteiger partial charge in [-0.3, -0.25) is 13.9 Å². The third-order valence-corrected chi connectivity index (χ3v) is 8.02. The first kappa shape index (κ1) is 29.2. The van der Waals surface area contributed by atoms with Crippen LogP contribution in [-0.2, 0) is 26.2 Å². The van der Waals surface area contributed by atoms with E-state index in [9.17, 15) is 18.0 Å². The van der Waals surface area contributed by atoms with Gasteiger partial charge in [-0.1, -0.05) is 79.5 Å². The van der Waals surface area contributed by atoms with Crippen molar-refractivity contribution in [2.75, 3.05) is 17.4 Å². The predicted molar refractivity (Wildman–Crippen MR) is 151 cm³/mol. The molecule has 1 unspecified atom stereocenters. The number of nitrogens with zero attached hydrogens (tertiary/aromatic N) is 2. The van der Waals surface area contributed by atoms with Crippen LogP contribution in [0.5, 0.6) is 0 Å². The number of nitrogens with one attached hydrogen (secondary N) is 1. The van der Waals surface area contributed by atoms with Gasteiger partial charge in [0, 0.05) is 18.1 Å². The summed E-state index contributed by atoms with van der Waals surface area (Å²) in [4.78, 5) is 28.3. The molecular formula is C29H34ClN3O4S. The van der Waals surface area contributed by atoms with E-state index in [1.54, 1.807) is 43.3 Å². The Kier molecular flexibility index (Phi) is 9.94. The monoisotopic (exact) mass is 555 g/mol. The van der Waals surface area contributed by atoms with Gasteiger partial charge in [0.15, 0.2) is 0 Å². The first-order valence-corrected chi connectivity index (χ1v) is 14.3. The van der Waals surface area contributed by atoms with Crippen LogP contribution >= 0.6 is 11.6 Å². The van der Waals surface area contributed by atoms with E-state index in [0.29, 0.717) is 11.6 Å². The molecule has 0 bridgehead atoms. The SMILES string of the molecule is Cc1cccc(CN(C(=O)CN(c2cccc(Cl)c2)S(=O)(=O)c2ccccc2)C(C)C(=O)NCC(C)C)c1. The third-order valence-electron chi connectivity index (χ3n) is 5.99. The number of anilines is 1. The van der Waals surface area contributed by atoms with Gasteiger partial charge in [-0.15, -0.1) is 0 Å². The number of carbonyl (C=O) groups excluding carboxylic acids is 2. The van der Waals surface area contributed by atoms with E-state index in [4.69, 9.17) is 11.6 Å². The Morgan fingerprint density at radius 3 is 2.24 bits per heavy atom. The van der Waals surface area contributed by atoms with Gasteiger partial charge in [-0.25, -0.2) is 8.42 Å². The lowest BCUT2D eigenvalue weighted by molar-refractivity contribution is -0.139. The molecule has 0 aromatic heterocycles. The molecule has 0 heterocycles. The average Bonchev–Trinajstić information content (AvgIpc) is 2.88. The summed E-state index contributed by atoms with van der Waals surface area (Å²) in [6, 6.07) is 21.1. The molecule has 3 aromatic rings. The van der Waals surface area contributed by atoms with Crippen LogP contribution in [0.2, 0.25) is 5.02 Å². The highest BCUT2D eigenvalue weighted by molar-refractivity contribution is 7.92. The molecule has 0 aliphatic heterocycles. The van der Waals surface area contributed by atoms with Gasteiger partial charge in [-0.05, 0) is 55.7 Å². The number of sulfonamides is 1. The van der Waals surface area contributed by atoms with Gasteiger partial charge in [0.2, 0.25) is 11.8 Å². The fourth-order valence-electron chi connectivity index (χ4n) is 3.92. The molecule has 1 atom stereocenters. The summed E-state index contributed by atoms with van der Waals surface area (Å²) in [5, 5.41) is 3.22. The van der Waals surface area contributed by atoms with Crippen LogP contribution in [-0.4, -0.2) is 44.3 Å². The standard InChI is InChI=1S/C29H34ClN3O4S/c1-21(2)18-31-29(35)23(4)32(19-24-11-8-10-22(3)16-24)28(34)20-33(26-13-9-12-25(30)17-26)38(36,37)27-14-6-5-7-15-27/h5-17,21,23H,18-20H2,1-4H3,(H,31,35). The molecule has 0 aliphatic rings. The molecule has 7 nitrogen and oxygen atoms in total. The van der Waals surface area contributed by atoms with Gasteiger partial charge < -0.3 is 10.2 Å². The minimum atomic E-state index is -4.12. The van der Waals surface area contributed by atoms with Crippen molar-refractivity contribution in [1.82, 2.24) is 10.2 Å². The normalized spacial score (nSPS) is 12.2. The molecule has 1 N–H and O–H groups in total. The second-order valence-corrected chi connectivity index (χ2v) is 11.9. The molecule has 0 saturated heterocycles. The Balaban J connectivity index is 2.00. The molecule has 3 aromatic carbocycles. The topological polar surface area (TPSA) is 86.8 Å². The maximum absolute atomic E-state index is 13.9. The largest absolute Gasteiger partial charge is 0.354 e. The van der Waals surface area contributed by atoms with Crippen molar-refractivity contribution in [1.29, 1.82) is 0 Å². The number of carbonyl (C=O) groups is 2. The van der Waals surface area contributed by atoms with Crippen molar-refractivity contribution in [2.45, 2.75) is 45.2 Å². The summed E-state index contributed by atoms with van der Waals surface area (Å²) < 4.78 is 28.5. The highest BCUT2D eigenvalue weighted by atomic mass is 35.5. The van der Waals surface area contributed by atoms with Crippen molar-refractivity contribution in [3.05, 3.63) is 95.0 Å². The first-order chi connectivity index (χ1) is 18.0. The lowest BCUT2D eigenvalue weighted by atomic mass is 10.1. The highest BCUT2D eigenvalue weighted by Gasteiger charge is 2.32. The molecular weight excluding hydrogens is 522 g/mol. The van der Waals surface area contributed by atoms with E-state index in [-0.39, 0.29) is 29.0 Å². The van der Waals surface area contributed by atoms with E-state index >= 15 is 0 Å². The van der Waals surface area contributed by atoms with Crippen molar-refractivity contribution >= 4 is 39.1 Å². The molecule has 9 heteroatoms. The van der Waals surface area contributed by atoms with Crippen LogP contribution in [0, 0.1) is 12.8 Å². The van der Waals surface area contributed by atoms with E-state index in [1.807, 2.05) is 45.0 Å². The molecule has 0 aliphatic carbocycles. The summed E-state index contributed by atoms with van der Waals surface area (Å²) in [5.74, 6) is -0.584. The third kappa shape index (κ3) is 7.58. The molecule has 0 radical (unpaired) electrons. The van der Waals surface area contributed by atoms with E-state index < -0.39 is 28.5 Å². The number of halogens is 1. The minimum absolute atomic E-state index is 0.0423. The molecule has 38 heavy (non-hydrogen) atoms. The Bertz CT molecular complexity index is 1360. The van der Waals surface area contributed by atoms with E-state index in [1.165, 1.54) is 23.1 Å². The zero-order valence-corrected chi connectivity index (χ0v) is 23.7. The van der Waals surface area contributed by atoms with Crippen molar-refractivity contribution in [3.8, 4) is 0 Å². The number of benzene rings is 3. The van der Waals surface area contributed by atoms with Crippen LogP contribution < -0.4 is 9.62 Å². The fourth-order valence-corrected chi connectivity index (χ4v) is 5.53. The smallest absolute Gasteiger partial charge is 0.264 e. The number of amides is 2. The molecule has 202 valence electrons. The Labute approximate surface area is 230 Å². The van der Waals surface area contributed by atoms with Gasteiger partial charge >= 0.3 is 0 Å². The Morgan fingerprint density at radius 2 is 1.61 bits per heavy atom. The second kappa shape index (κ2) is 12.9. The molecule has 2 amide bonds. The molecule has 0 saturated carbocycles. The maximum Gasteiger partial charge on any atom is 0.264 e. The van der Waals surface area contributed by atoms with Gasteiger partial charge in [0.05, 0.1) is 10.6 Å². The zero-order valence-electron chi connectivity index (χ0n) is 22.1. The molecule has 0 fully saturated rings. The van der Waals surface area contributed by atoms with E-state index in [0.717, 1.165) is 15.4 Å². The fraction of sp³-hybridized carbons (Fsp3) is 0.310. The zero-order chi connectivity index (χ0) is 27.9. The molecule has 0 spiro atoms. The van der Waals surface area contributed by atoms with Crippen molar-refractivity contribution < 1.29 is 18.0 Å². The summed E-state index contributed by atoms with van der Waals surface area (Å²) in [7, 11) is -4.12. The number of hydrogen-bond acceptors (Lipinski definition) is 4. The summed E-state index contributed by atoms with van der Waals surface area (Å²) >= 11 is 6.19. The van der Waals surface area contributed by atoms with Crippen LogP contribution in [0.15, 0.2) is 83.8 Å². The molecule has 3 rings (SSSR count). The van der Waals surface area contributed by atoms with Crippen LogP contribution in [0.1, 0.15) is 31.9 Å². The summed E-state index contributed by atoms with van der Waals surface area (Å²) in [5.41, 5.74) is 2.10. The van der Waals surface area contributed by atoms with Gasteiger partial charge in [0.1, 0.15) is 12.6 Å². The Morgan fingerprint density at radius 1 is 0.921 bits per heavy atom. The maximum atomic E-state index is 13.9. The second-order valence-electron chi connectivity index (χ2n) is 9.63. The van der Waals surface area contributed by atoms with Crippen molar-refractivity contribution in [3.63, 3.8) is 0 Å². The van der Waals surface area contributed by atoms with Gasteiger partial charge in [-0.2, -0.15) is 0 Å². The minimum Gasteiger partial charge on any atom is -0.354 e. The van der Waals surface area contributed by atoms with Gasteiger partial charge in [0.25, 0.3) is 10.0 Å². The quantitative estimate of drug-likeness (QED) is 0.359. The van der Waals surface area contributed by atoms with Crippen molar-refractivity contribution in [2.24, 2.45) is 5.92 Å². The lowest BCUT2D eigenvalue weighted by Gasteiger charge is -2.32. The predicted octanol–water partition coefficient (Wildman–Crippen LogP) is 5.03. The Hall–Kier alpha value is -3.36. The number of hydrogen-bond donors (Lipinski definition) is 1. The van der Waals surface area contributed by atoms with E-state index in [2.05, 4.69) is 5.32 Å². The van der Waals surface area contributed by atoms with Crippen LogP contribution in [0.4, 0.5) is 5.69 Å². The summed E-state index contributed by atoms with van der Waals surface area (Å²) in [6.45, 7) is 7.67. The number of aryl methyl sites for hydroxylation is 1. The van der Waals surface area contributed by atoms with Crippen LogP contribution in [0.25, 0.3) is 0 Å². The number of rotatable bonds is 11. The lowest BCUT2D eigenvalue weighted by Crippen LogP contribution is -2.51.